The summed E-state index contributed by atoms with van der Waals surface area (Å²) < 4.78 is 16.1. The van der Waals surface area contributed by atoms with Crippen LogP contribution in [0.4, 0.5) is 11.8 Å². The fourth-order valence-electron chi connectivity index (χ4n) is 2.96. The largest absolute Gasteiger partial charge is 0.493 e. The number of methoxy groups -OCH3 is 3. The number of anilines is 2. The van der Waals surface area contributed by atoms with E-state index in [4.69, 9.17) is 25.7 Å². The molecule has 1 aromatic carbocycles. The molecule has 0 saturated heterocycles. The van der Waals surface area contributed by atoms with Crippen LogP contribution < -0.4 is 25.7 Å². The highest BCUT2D eigenvalue weighted by molar-refractivity contribution is 5.54. The second-order valence-electron chi connectivity index (χ2n) is 5.57. The van der Waals surface area contributed by atoms with E-state index in [2.05, 4.69) is 14.9 Å². The van der Waals surface area contributed by atoms with E-state index in [0.717, 1.165) is 16.8 Å². The summed E-state index contributed by atoms with van der Waals surface area (Å²) in [5, 5.41) is 0. The maximum absolute atomic E-state index is 5.94. The second kappa shape index (κ2) is 6.40. The number of aromatic nitrogens is 2. The van der Waals surface area contributed by atoms with Crippen LogP contribution in [-0.2, 0) is 19.6 Å². The van der Waals surface area contributed by atoms with Gasteiger partial charge in [0, 0.05) is 25.2 Å². The Morgan fingerprint density at radius 2 is 1.67 bits per heavy atom. The van der Waals surface area contributed by atoms with E-state index in [1.807, 2.05) is 12.1 Å². The van der Waals surface area contributed by atoms with Crippen molar-refractivity contribution >= 4 is 11.8 Å². The number of hydrogen-bond donors (Lipinski definition) is 2. The van der Waals surface area contributed by atoms with Gasteiger partial charge in [0.05, 0.1) is 27.0 Å². The van der Waals surface area contributed by atoms with Crippen LogP contribution in [0.1, 0.15) is 16.8 Å². The van der Waals surface area contributed by atoms with Gasteiger partial charge in [-0.15, -0.1) is 0 Å². The van der Waals surface area contributed by atoms with E-state index < -0.39 is 0 Å². The third-order valence-electron chi connectivity index (χ3n) is 4.03. The monoisotopic (exact) mass is 331 g/mol. The number of benzene rings is 1. The summed E-state index contributed by atoms with van der Waals surface area (Å²) in [6.45, 7) is 2.04. The van der Waals surface area contributed by atoms with Crippen LogP contribution in [-0.4, -0.2) is 36.2 Å². The van der Waals surface area contributed by atoms with Gasteiger partial charge in [0.2, 0.25) is 11.7 Å². The lowest BCUT2D eigenvalue weighted by Crippen LogP contribution is -2.16. The highest BCUT2D eigenvalue weighted by Gasteiger charge is 2.24. The lowest BCUT2D eigenvalue weighted by atomic mass is 10.1. The molecule has 0 amide bonds. The Labute approximate surface area is 140 Å². The Kier molecular flexibility index (Phi) is 4.30. The van der Waals surface area contributed by atoms with E-state index in [9.17, 15) is 0 Å². The highest BCUT2D eigenvalue weighted by Crippen LogP contribution is 2.39. The SMILES string of the molecule is COc1cc(CN2Cc3nc(N)nc(N)c3C2)cc(OC)c1OC. The summed E-state index contributed by atoms with van der Waals surface area (Å²) in [6, 6.07) is 3.88. The molecule has 3 rings (SSSR count). The summed E-state index contributed by atoms with van der Waals surface area (Å²) >= 11 is 0. The predicted molar refractivity (Wildman–Crippen MR) is 89.9 cm³/mol. The Morgan fingerprint density at radius 1 is 1.00 bits per heavy atom. The second-order valence-corrected chi connectivity index (χ2v) is 5.57. The molecule has 128 valence electrons. The molecule has 0 atom stereocenters. The molecule has 0 saturated carbocycles. The van der Waals surface area contributed by atoms with E-state index >= 15 is 0 Å². The van der Waals surface area contributed by atoms with Crippen LogP contribution in [0.25, 0.3) is 0 Å². The van der Waals surface area contributed by atoms with Crippen molar-refractivity contribution in [3.8, 4) is 17.2 Å². The number of rotatable bonds is 5. The van der Waals surface area contributed by atoms with E-state index in [0.29, 0.717) is 42.7 Å². The molecule has 8 nitrogen and oxygen atoms in total. The molecule has 1 aliphatic rings. The van der Waals surface area contributed by atoms with Crippen LogP contribution in [0.3, 0.4) is 0 Å². The Bertz CT molecular complexity index is 741. The third kappa shape index (κ3) is 2.88. The van der Waals surface area contributed by atoms with Crippen molar-refractivity contribution in [2.75, 3.05) is 32.8 Å². The van der Waals surface area contributed by atoms with Crippen molar-refractivity contribution in [1.82, 2.24) is 14.9 Å². The van der Waals surface area contributed by atoms with Crippen LogP contribution in [0.2, 0.25) is 0 Å². The third-order valence-corrected chi connectivity index (χ3v) is 4.03. The van der Waals surface area contributed by atoms with Crippen LogP contribution in [0, 0.1) is 0 Å². The minimum Gasteiger partial charge on any atom is -0.493 e. The molecule has 0 spiro atoms. The van der Waals surface area contributed by atoms with Gasteiger partial charge < -0.3 is 25.7 Å². The molecule has 8 heteroatoms. The molecule has 1 aliphatic heterocycles. The van der Waals surface area contributed by atoms with Gasteiger partial charge in [0.1, 0.15) is 5.82 Å². The molecule has 0 fully saturated rings. The first-order valence-electron chi connectivity index (χ1n) is 7.47. The Balaban J connectivity index is 1.84. The number of hydrogen-bond acceptors (Lipinski definition) is 8. The summed E-state index contributed by atoms with van der Waals surface area (Å²) in [5.74, 6) is 2.50. The van der Waals surface area contributed by atoms with Crippen LogP contribution in [0.5, 0.6) is 17.2 Å². The van der Waals surface area contributed by atoms with Crippen molar-refractivity contribution in [3.63, 3.8) is 0 Å². The highest BCUT2D eigenvalue weighted by atomic mass is 16.5. The maximum Gasteiger partial charge on any atom is 0.222 e. The summed E-state index contributed by atoms with van der Waals surface area (Å²) in [4.78, 5) is 10.5. The summed E-state index contributed by atoms with van der Waals surface area (Å²) in [7, 11) is 4.79. The first kappa shape index (κ1) is 16.1. The molecular formula is C16H21N5O3. The predicted octanol–water partition coefficient (Wildman–Crippen LogP) is 1.18. The quantitative estimate of drug-likeness (QED) is 0.841. The normalized spacial score (nSPS) is 13.6. The number of fused-ring (bicyclic) bond motifs is 1. The van der Waals surface area contributed by atoms with E-state index in [-0.39, 0.29) is 5.95 Å². The van der Waals surface area contributed by atoms with Gasteiger partial charge in [-0.3, -0.25) is 4.90 Å². The zero-order valence-electron chi connectivity index (χ0n) is 14.0. The van der Waals surface area contributed by atoms with Gasteiger partial charge in [-0.2, -0.15) is 4.98 Å². The Hall–Kier alpha value is -2.74. The molecule has 0 aliphatic carbocycles. The van der Waals surface area contributed by atoms with E-state index in [1.54, 1.807) is 21.3 Å². The average molecular weight is 331 g/mol. The average Bonchev–Trinajstić information content (AvgIpc) is 2.96. The van der Waals surface area contributed by atoms with Crippen molar-refractivity contribution in [1.29, 1.82) is 0 Å². The molecule has 2 heterocycles. The Morgan fingerprint density at radius 3 is 2.25 bits per heavy atom. The van der Waals surface area contributed by atoms with Gasteiger partial charge in [-0.25, -0.2) is 4.98 Å². The van der Waals surface area contributed by atoms with Gasteiger partial charge in [0.15, 0.2) is 11.5 Å². The molecule has 4 N–H and O–H groups in total. The lowest BCUT2D eigenvalue weighted by Gasteiger charge is -2.18. The van der Waals surface area contributed by atoms with Gasteiger partial charge in [0.25, 0.3) is 0 Å². The zero-order chi connectivity index (χ0) is 17.3. The summed E-state index contributed by atoms with van der Waals surface area (Å²) in [6.07, 6.45) is 0. The number of nitrogens with two attached hydrogens (primary N) is 2. The van der Waals surface area contributed by atoms with Crippen molar-refractivity contribution in [2.24, 2.45) is 0 Å². The molecule has 0 bridgehead atoms. The minimum atomic E-state index is 0.209. The fraction of sp³-hybridized carbons (Fsp3) is 0.375. The first-order chi connectivity index (χ1) is 11.5. The minimum absolute atomic E-state index is 0.209. The standard InChI is InChI=1S/C16H21N5O3/c1-22-12-4-9(5-13(23-2)14(12)24-3)6-21-7-10-11(8-21)19-16(18)20-15(10)17/h4-5H,6-8H2,1-3H3,(H4,17,18,19,20). The molecule has 0 radical (unpaired) electrons. The van der Waals surface area contributed by atoms with E-state index in [1.165, 1.54) is 0 Å². The maximum atomic E-state index is 5.94. The number of nitrogen functional groups attached to an aromatic ring is 2. The van der Waals surface area contributed by atoms with Gasteiger partial charge in [-0.05, 0) is 17.7 Å². The lowest BCUT2D eigenvalue weighted by molar-refractivity contribution is 0.271. The first-order valence-corrected chi connectivity index (χ1v) is 7.47. The zero-order valence-corrected chi connectivity index (χ0v) is 14.0. The molecule has 0 unspecified atom stereocenters. The number of nitrogens with zero attached hydrogens (tertiary/aromatic N) is 3. The van der Waals surface area contributed by atoms with Gasteiger partial charge in [-0.1, -0.05) is 0 Å². The number of ether oxygens (including phenoxy) is 3. The van der Waals surface area contributed by atoms with Crippen LogP contribution in [0.15, 0.2) is 12.1 Å². The summed E-state index contributed by atoms with van der Waals surface area (Å²) in [5.41, 5.74) is 14.5. The molecule has 1 aromatic heterocycles. The van der Waals surface area contributed by atoms with Crippen LogP contribution >= 0.6 is 0 Å². The van der Waals surface area contributed by atoms with Crippen molar-refractivity contribution < 1.29 is 14.2 Å². The van der Waals surface area contributed by atoms with Crippen molar-refractivity contribution in [2.45, 2.75) is 19.6 Å². The molecule has 24 heavy (non-hydrogen) atoms. The smallest absolute Gasteiger partial charge is 0.222 e. The van der Waals surface area contributed by atoms with Gasteiger partial charge >= 0.3 is 0 Å². The fourth-order valence-corrected chi connectivity index (χ4v) is 2.96. The van der Waals surface area contributed by atoms with Crippen molar-refractivity contribution in [3.05, 3.63) is 29.0 Å². The molecular weight excluding hydrogens is 310 g/mol. The molecule has 2 aromatic rings. The topological polar surface area (TPSA) is 109 Å².